The number of aromatic hydroxyl groups is 1. The summed E-state index contributed by atoms with van der Waals surface area (Å²) in [5.74, 6) is 0.320. The van der Waals surface area contributed by atoms with Gasteiger partial charge in [0, 0.05) is 0 Å². The first-order chi connectivity index (χ1) is 15.3. The topological polar surface area (TPSA) is 54.5 Å². The van der Waals surface area contributed by atoms with Gasteiger partial charge in [0.25, 0.3) is 0 Å². The molecule has 1 N–H and O–H groups in total. The second kappa shape index (κ2) is 17.0. The molecule has 0 bridgehead atoms. The first kappa shape index (κ1) is 25.6. The lowest BCUT2D eigenvalue weighted by atomic mass is 10.1. The van der Waals surface area contributed by atoms with Crippen LogP contribution in [0.5, 0.6) is 5.75 Å². The van der Waals surface area contributed by atoms with Gasteiger partial charge in [0.2, 0.25) is 0 Å². The predicted octanol–water partition coefficient (Wildman–Crippen LogP) is 6.68. The Morgan fingerprint density at radius 3 is 2.10 bits per heavy atom. The fourth-order valence-electron chi connectivity index (χ4n) is 3.20. The molecule has 2 fully saturated rings. The highest BCUT2D eigenvalue weighted by Gasteiger charge is 2.26. The molecule has 0 amide bonds. The molecule has 31 heavy (non-hydrogen) atoms. The van der Waals surface area contributed by atoms with Gasteiger partial charge in [0.15, 0.2) is 0 Å². The molecule has 4 heteroatoms. The van der Waals surface area contributed by atoms with Crippen LogP contribution in [0.3, 0.4) is 0 Å². The van der Waals surface area contributed by atoms with E-state index in [0.717, 1.165) is 32.0 Å². The maximum atomic E-state index is 9.36. The van der Waals surface area contributed by atoms with Crippen molar-refractivity contribution in [3.05, 3.63) is 48.1 Å². The van der Waals surface area contributed by atoms with Crippen LogP contribution in [0.1, 0.15) is 76.7 Å². The Hall–Kier alpha value is -1.62. The van der Waals surface area contributed by atoms with E-state index in [1.165, 1.54) is 64.2 Å². The summed E-state index contributed by atoms with van der Waals surface area (Å²) in [6.45, 7) is 5.53. The highest BCUT2D eigenvalue weighted by molar-refractivity contribution is 5.52. The van der Waals surface area contributed by atoms with Crippen LogP contribution in [0, 0.1) is 0 Å². The van der Waals surface area contributed by atoms with Crippen molar-refractivity contribution in [2.24, 2.45) is 0 Å². The Morgan fingerprint density at radius 2 is 1.52 bits per heavy atom. The highest BCUT2D eigenvalue weighted by atomic mass is 16.6. The maximum Gasteiger partial charge on any atom is 0.116 e. The van der Waals surface area contributed by atoms with E-state index in [4.69, 9.17) is 14.2 Å². The summed E-state index contributed by atoms with van der Waals surface area (Å²) < 4.78 is 15.1. The van der Waals surface area contributed by atoms with Gasteiger partial charge in [0.1, 0.15) is 18.0 Å². The van der Waals surface area contributed by atoms with Gasteiger partial charge in [-0.25, -0.2) is 0 Å². The fraction of sp³-hybridized carbons (Fsp3) is 0.630. The lowest BCUT2D eigenvalue weighted by Gasteiger charge is -2.00. The summed E-state index contributed by atoms with van der Waals surface area (Å²) in [5, 5.41) is 9.36. The Bertz CT molecular complexity index is 605. The van der Waals surface area contributed by atoms with Crippen LogP contribution in [-0.4, -0.2) is 43.7 Å². The summed E-state index contributed by atoms with van der Waals surface area (Å²) in [5.41, 5.74) is 1.03. The van der Waals surface area contributed by atoms with Crippen LogP contribution >= 0.6 is 0 Å². The molecule has 2 unspecified atom stereocenters. The molecule has 2 aliphatic rings. The lowest BCUT2D eigenvalue weighted by molar-refractivity contribution is 0.102. The van der Waals surface area contributed by atoms with Crippen LogP contribution < -0.4 is 0 Å². The third kappa shape index (κ3) is 15.8. The number of benzene rings is 1. The van der Waals surface area contributed by atoms with E-state index in [1.807, 2.05) is 24.3 Å². The molecule has 0 aromatic heterocycles. The Balaban J connectivity index is 0.000000309. The molecule has 0 aliphatic carbocycles. The molecule has 2 heterocycles. The fourth-order valence-corrected chi connectivity index (χ4v) is 3.20. The minimum atomic E-state index is 0.320. The standard InChI is InChI=1S/C21H32O.C6H10O3/c1-2-3-4-5-6-7-8-9-10-11-12-13-14-16-20-17-15-18-21(22)19-20;1(5-3-8-5)7-2-6-4-9-6/h12-19,22H,2-11H2,1H3;5-6H,1-4H2. The van der Waals surface area contributed by atoms with E-state index in [9.17, 15) is 5.11 Å². The van der Waals surface area contributed by atoms with Crippen LogP contribution in [-0.2, 0) is 14.2 Å². The molecule has 174 valence electrons. The monoisotopic (exact) mass is 430 g/mol. The number of ether oxygens (including phenoxy) is 3. The largest absolute Gasteiger partial charge is 0.508 e. The molecule has 0 radical (unpaired) electrons. The summed E-state index contributed by atoms with van der Waals surface area (Å²) >= 11 is 0. The van der Waals surface area contributed by atoms with Crippen LogP contribution in [0.2, 0.25) is 0 Å². The molecule has 0 saturated carbocycles. The van der Waals surface area contributed by atoms with Gasteiger partial charge in [-0.2, -0.15) is 0 Å². The zero-order valence-corrected chi connectivity index (χ0v) is 19.3. The number of rotatable bonds is 16. The minimum Gasteiger partial charge on any atom is -0.508 e. The van der Waals surface area contributed by atoms with E-state index in [-0.39, 0.29) is 0 Å². The van der Waals surface area contributed by atoms with Crippen molar-refractivity contribution in [3.63, 3.8) is 0 Å². The molecule has 2 aliphatic heterocycles. The van der Waals surface area contributed by atoms with Crippen molar-refractivity contribution in [2.75, 3.05) is 26.4 Å². The molecule has 4 nitrogen and oxygen atoms in total. The first-order valence-corrected chi connectivity index (χ1v) is 12.2. The first-order valence-electron chi connectivity index (χ1n) is 12.2. The molecular weight excluding hydrogens is 388 g/mol. The molecule has 2 atom stereocenters. The average Bonchev–Trinajstić information content (AvgIpc) is 3.68. The van der Waals surface area contributed by atoms with Crippen LogP contribution in [0.4, 0.5) is 0 Å². The minimum absolute atomic E-state index is 0.320. The maximum absolute atomic E-state index is 9.36. The van der Waals surface area contributed by atoms with Crippen LogP contribution in [0.25, 0.3) is 6.08 Å². The third-order valence-electron chi connectivity index (χ3n) is 5.29. The van der Waals surface area contributed by atoms with E-state index >= 15 is 0 Å². The van der Waals surface area contributed by atoms with Crippen molar-refractivity contribution >= 4 is 6.08 Å². The molecule has 1 aromatic rings. The number of phenolic OH excluding ortho intramolecular Hbond substituents is 1. The highest BCUT2D eigenvalue weighted by Crippen LogP contribution is 2.13. The van der Waals surface area contributed by atoms with Gasteiger partial charge < -0.3 is 19.3 Å². The Labute approximate surface area is 189 Å². The van der Waals surface area contributed by atoms with E-state index in [2.05, 4.69) is 19.1 Å². The number of allylic oxidation sites excluding steroid dienone is 3. The van der Waals surface area contributed by atoms with Gasteiger partial charge in [-0.05, 0) is 30.5 Å². The molecule has 1 aromatic carbocycles. The van der Waals surface area contributed by atoms with Gasteiger partial charge in [-0.1, -0.05) is 94.7 Å². The number of phenols is 1. The Kier molecular flexibility index (Phi) is 14.1. The number of hydrogen-bond acceptors (Lipinski definition) is 4. The second-order valence-electron chi connectivity index (χ2n) is 8.45. The van der Waals surface area contributed by atoms with E-state index in [1.54, 1.807) is 12.1 Å². The molecule has 0 spiro atoms. The summed E-state index contributed by atoms with van der Waals surface area (Å²) in [4.78, 5) is 0. The zero-order valence-electron chi connectivity index (χ0n) is 19.3. The number of epoxide rings is 2. The van der Waals surface area contributed by atoms with Crippen molar-refractivity contribution in [1.82, 2.24) is 0 Å². The second-order valence-corrected chi connectivity index (χ2v) is 8.45. The average molecular weight is 431 g/mol. The SMILES string of the molecule is C(OCC1CO1)C1CO1.CCCCCCCCCCCC=CC=Cc1cccc(O)c1. The van der Waals surface area contributed by atoms with Gasteiger partial charge >= 0.3 is 0 Å². The summed E-state index contributed by atoms with van der Waals surface area (Å²) in [6, 6.07) is 7.31. The van der Waals surface area contributed by atoms with Crippen LogP contribution in [0.15, 0.2) is 42.5 Å². The zero-order chi connectivity index (χ0) is 22.0. The van der Waals surface area contributed by atoms with Crippen molar-refractivity contribution in [3.8, 4) is 5.75 Å². The smallest absolute Gasteiger partial charge is 0.116 e. The van der Waals surface area contributed by atoms with Gasteiger partial charge in [-0.3, -0.25) is 0 Å². The summed E-state index contributed by atoms with van der Waals surface area (Å²) in [7, 11) is 0. The lowest BCUT2D eigenvalue weighted by Crippen LogP contribution is -2.06. The van der Waals surface area contributed by atoms with Gasteiger partial charge in [-0.15, -0.1) is 0 Å². The van der Waals surface area contributed by atoms with Crippen molar-refractivity contribution in [1.29, 1.82) is 0 Å². The van der Waals surface area contributed by atoms with Crippen molar-refractivity contribution < 1.29 is 19.3 Å². The van der Waals surface area contributed by atoms with E-state index < -0.39 is 0 Å². The number of hydrogen-bond donors (Lipinski definition) is 1. The van der Waals surface area contributed by atoms with E-state index in [0.29, 0.717) is 18.0 Å². The third-order valence-corrected chi connectivity index (χ3v) is 5.29. The Morgan fingerprint density at radius 1 is 0.903 bits per heavy atom. The molecule has 2 saturated heterocycles. The molecular formula is C27H42O4. The predicted molar refractivity (Wildman–Crippen MR) is 128 cm³/mol. The quantitative estimate of drug-likeness (QED) is 0.180. The van der Waals surface area contributed by atoms with Crippen molar-refractivity contribution in [2.45, 2.75) is 83.3 Å². The normalized spacial score (nSPS) is 19.5. The van der Waals surface area contributed by atoms with Gasteiger partial charge in [0.05, 0.1) is 26.4 Å². The molecule has 3 rings (SSSR count). The number of unbranched alkanes of at least 4 members (excludes halogenated alkanes) is 9. The summed E-state index contributed by atoms with van der Waals surface area (Å²) in [6.07, 6.45) is 22.8.